The van der Waals surface area contributed by atoms with Crippen LogP contribution in [-0.2, 0) is 28.6 Å². The van der Waals surface area contributed by atoms with Crippen LogP contribution >= 0.6 is 0 Å². The molecule has 356 valence electrons. The van der Waals surface area contributed by atoms with Crippen LogP contribution < -0.4 is 0 Å². The maximum absolute atomic E-state index is 12.7. The highest BCUT2D eigenvalue weighted by atomic mass is 16.6. The van der Waals surface area contributed by atoms with Crippen molar-refractivity contribution in [2.75, 3.05) is 13.2 Å². The van der Waals surface area contributed by atoms with Gasteiger partial charge in [-0.1, -0.05) is 201 Å². The highest BCUT2D eigenvalue weighted by molar-refractivity contribution is 5.71. The summed E-state index contributed by atoms with van der Waals surface area (Å²) >= 11 is 0. The topological polar surface area (TPSA) is 78.9 Å². The second-order valence-electron chi connectivity index (χ2n) is 16.3. The maximum Gasteiger partial charge on any atom is 0.306 e. The van der Waals surface area contributed by atoms with Crippen LogP contribution in [0.2, 0.25) is 0 Å². The van der Waals surface area contributed by atoms with Crippen molar-refractivity contribution in [3.63, 3.8) is 0 Å². The van der Waals surface area contributed by atoms with E-state index in [1.807, 2.05) is 0 Å². The predicted octanol–water partition coefficient (Wildman–Crippen LogP) is 16.8. The quantitative estimate of drug-likeness (QED) is 0.0263. The average molecular weight is 873 g/mol. The van der Waals surface area contributed by atoms with Gasteiger partial charge in [0.2, 0.25) is 0 Å². The zero-order chi connectivity index (χ0) is 45.8. The summed E-state index contributed by atoms with van der Waals surface area (Å²) in [5.41, 5.74) is 0. The summed E-state index contributed by atoms with van der Waals surface area (Å²) < 4.78 is 16.6. The molecule has 0 saturated carbocycles. The minimum Gasteiger partial charge on any atom is -0.462 e. The van der Waals surface area contributed by atoms with Crippen molar-refractivity contribution >= 4 is 17.9 Å². The molecule has 0 amide bonds. The Morgan fingerprint density at radius 3 is 1.06 bits per heavy atom. The third kappa shape index (κ3) is 49.0. The van der Waals surface area contributed by atoms with Gasteiger partial charge in [-0.3, -0.25) is 14.4 Å². The SMILES string of the molecule is CC/C=C\C/C=C\C/C=C\C/C=C\C/C=C\C/C=C\C/C=C\C/C=C\CCCCC(=O)OCC(COC(=O)CCCCCCCCC)OC(=O)CCCCCCC/C=C\CCCC. The molecule has 0 radical (unpaired) electrons. The smallest absolute Gasteiger partial charge is 0.306 e. The Hall–Kier alpha value is -3.93. The Bertz CT molecular complexity index is 1330. The van der Waals surface area contributed by atoms with E-state index in [9.17, 15) is 14.4 Å². The van der Waals surface area contributed by atoms with E-state index in [0.717, 1.165) is 116 Å². The zero-order valence-corrected chi connectivity index (χ0v) is 40.5. The highest BCUT2D eigenvalue weighted by Crippen LogP contribution is 2.12. The molecule has 0 fully saturated rings. The largest absolute Gasteiger partial charge is 0.462 e. The van der Waals surface area contributed by atoms with Gasteiger partial charge < -0.3 is 14.2 Å². The minimum atomic E-state index is -0.797. The summed E-state index contributed by atoms with van der Waals surface area (Å²) in [6.07, 6.45) is 68.1. The minimum absolute atomic E-state index is 0.0965. The van der Waals surface area contributed by atoms with E-state index in [-0.39, 0.29) is 31.1 Å². The molecule has 0 bridgehead atoms. The molecule has 0 rings (SSSR count). The first-order chi connectivity index (χ1) is 31.0. The molecule has 0 heterocycles. The van der Waals surface area contributed by atoms with E-state index >= 15 is 0 Å². The summed E-state index contributed by atoms with van der Waals surface area (Å²) in [5.74, 6) is -0.968. The van der Waals surface area contributed by atoms with Gasteiger partial charge in [-0.25, -0.2) is 0 Å². The first kappa shape index (κ1) is 59.1. The first-order valence-electron chi connectivity index (χ1n) is 25.4. The Kier molecular flexibility index (Phi) is 47.5. The molecule has 1 unspecified atom stereocenters. The van der Waals surface area contributed by atoms with Gasteiger partial charge >= 0.3 is 17.9 Å². The number of esters is 3. The summed E-state index contributed by atoms with van der Waals surface area (Å²) in [5, 5.41) is 0. The molecule has 0 aliphatic carbocycles. The molecule has 0 aromatic rings. The van der Waals surface area contributed by atoms with Gasteiger partial charge in [-0.2, -0.15) is 0 Å². The molecule has 0 saturated heterocycles. The highest BCUT2D eigenvalue weighted by Gasteiger charge is 2.19. The standard InChI is InChI=1S/C57H92O6/c1-4-7-10-13-16-18-20-21-22-23-24-25-26-27-28-29-30-31-32-33-34-35-37-38-41-44-47-50-56(59)62-53-54(52-61-55(58)49-46-43-40-15-12-9-6-3)63-57(60)51-48-45-42-39-36-19-17-14-11-8-5-2/h7,10,14,16-18,21-22,24-25,27-28,30-31,33-34,37-38,54H,4-6,8-9,11-13,15,19-20,23,26,29,32,35-36,39-53H2,1-3H3/b10-7-,17-14-,18-16-,22-21-,25-24-,28-27-,31-30-,34-33-,38-37-. The Balaban J connectivity index is 4.29. The number of unbranched alkanes of at least 4 members (excludes halogenated alkanes) is 15. The van der Waals surface area contributed by atoms with E-state index in [1.54, 1.807) is 0 Å². The third-order valence-corrected chi connectivity index (χ3v) is 10.3. The lowest BCUT2D eigenvalue weighted by Crippen LogP contribution is -2.30. The lowest BCUT2D eigenvalue weighted by atomic mass is 10.1. The fourth-order valence-electron chi connectivity index (χ4n) is 6.44. The average Bonchev–Trinajstić information content (AvgIpc) is 3.28. The molecule has 0 spiro atoms. The normalized spacial score (nSPS) is 13.0. The van der Waals surface area contributed by atoms with Crippen LogP contribution in [0.3, 0.4) is 0 Å². The van der Waals surface area contributed by atoms with Crippen LogP contribution in [-0.4, -0.2) is 37.2 Å². The van der Waals surface area contributed by atoms with Crippen molar-refractivity contribution < 1.29 is 28.6 Å². The van der Waals surface area contributed by atoms with Crippen molar-refractivity contribution in [2.45, 2.75) is 219 Å². The molecule has 0 aliphatic heterocycles. The lowest BCUT2D eigenvalue weighted by molar-refractivity contribution is -0.167. The molecule has 6 nitrogen and oxygen atoms in total. The fraction of sp³-hybridized carbons (Fsp3) is 0.632. The van der Waals surface area contributed by atoms with Gasteiger partial charge in [0.15, 0.2) is 6.10 Å². The molecule has 0 aromatic carbocycles. The Labute approximate surface area is 387 Å². The summed E-state index contributed by atoms with van der Waals surface area (Å²) in [6.45, 7) is 6.37. The number of hydrogen-bond acceptors (Lipinski definition) is 6. The number of rotatable bonds is 44. The number of carbonyl (C=O) groups is 3. The summed E-state index contributed by atoms with van der Waals surface area (Å²) in [4.78, 5) is 37.7. The first-order valence-corrected chi connectivity index (χ1v) is 25.4. The second kappa shape index (κ2) is 50.7. The van der Waals surface area contributed by atoms with E-state index < -0.39 is 6.10 Å². The molecule has 0 aliphatic rings. The van der Waals surface area contributed by atoms with Crippen LogP contribution in [0.5, 0.6) is 0 Å². The Morgan fingerprint density at radius 2 is 0.635 bits per heavy atom. The van der Waals surface area contributed by atoms with Gasteiger partial charge in [0.1, 0.15) is 13.2 Å². The lowest BCUT2D eigenvalue weighted by Gasteiger charge is -2.18. The molecule has 1 atom stereocenters. The monoisotopic (exact) mass is 873 g/mol. The van der Waals surface area contributed by atoms with Crippen LogP contribution in [0.25, 0.3) is 0 Å². The van der Waals surface area contributed by atoms with Crippen molar-refractivity contribution in [1.82, 2.24) is 0 Å². The van der Waals surface area contributed by atoms with Gasteiger partial charge in [-0.05, 0) is 103 Å². The Morgan fingerprint density at radius 1 is 0.333 bits per heavy atom. The van der Waals surface area contributed by atoms with Gasteiger partial charge in [0.25, 0.3) is 0 Å². The van der Waals surface area contributed by atoms with E-state index in [1.165, 1.54) is 51.4 Å². The second-order valence-corrected chi connectivity index (χ2v) is 16.3. The van der Waals surface area contributed by atoms with E-state index in [0.29, 0.717) is 25.7 Å². The molecule has 63 heavy (non-hydrogen) atoms. The third-order valence-electron chi connectivity index (χ3n) is 10.3. The molecular formula is C57H92O6. The van der Waals surface area contributed by atoms with Gasteiger partial charge in [-0.15, -0.1) is 0 Å². The van der Waals surface area contributed by atoms with E-state index in [4.69, 9.17) is 14.2 Å². The van der Waals surface area contributed by atoms with E-state index in [2.05, 4.69) is 130 Å². The summed E-state index contributed by atoms with van der Waals surface area (Å²) in [7, 11) is 0. The zero-order valence-electron chi connectivity index (χ0n) is 40.5. The van der Waals surface area contributed by atoms with Gasteiger partial charge in [0.05, 0.1) is 0 Å². The van der Waals surface area contributed by atoms with Crippen molar-refractivity contribution in [3.05, 3.63) is 109 Å². The van der Waals surface area contributed by atoms with Crippen LogP contribution in [0.4, 0.5) is 0 Å². The van der Waals surface area contributed by atoms with Crippen LogP contribution in [0.1, 0.15) is 213 Å². The molecule has 0 aromatic heterocycles. The molecular weight excluding hydrogens is 781 g/mol. The molecule has 6 heteroatoms. The van der Waals surface area contributed by atoms with Gasteiger partial charge in [0, 0.05) is 19.3 Å². The maximum atomic E-state index is 12.7. The summed E-state index contributed by atoms with van der Waals surface area (Å²) in [6, 6.07) is 0. The number of ether oxygens (including phenoxy) is 3. The fourth-order valence-corrected chi connectivity index (χ4v) is 6.44. The van der Waals surface area contributed by atoms with Crippen LogP contribution in [0, 0.1) is 0 Å². The predicted molar refractivity (Wildman–Crippen MR) is 270 cm³/mol. The number of allylic oxidation sites excluding steroid dienone is 18. The van der Waals surface area contributed by atoms with Crippen molar-refractivity contribution in [1.29, 1.82) is 0 Å². The number of hydrogen-bond donors (Lipinski definition) is 0. The van der Waals surface area contributed by atoms with Crippen molar-refractivity contribution in [2.24, 2.45) is 0 Å². The molecule has 0 N–H and O–H groups in total. The van der Waals surface area contributed by atoms with Crippen LogP contribution in [0.15, 0.2) is 109 Å². The number of carbonyl (C=O) groups excluding carboxylic acids is 3. The van der Waals surface area contributed by atoms with Crippen molar-refractivity contribution in [3.8, 4) is 0 Å².